The molecule has 0 bridgehead atoms. The third kappa shape index (κ3) is 3.86. The molecular weight excluding hydrogens is 418 g/mol. The monoisotopic (exact) mass is 441 g/mol. The summed E-state index contributed by atoms with van der Waals surface area (Å²) in [4.78, 5) is 32.7. The summed E-state index contributed by atoms with van der Waals surface area (Å²) in [7, 11) is 5.12. The van der Waals surface area contributed by atoms with E-state index >= 15 is 0 Å². The van der Waals surface area contributed by atoms with E-state index in [4.69, 9.17) is 21.1 Å². The Bertz CT molecular complexity index is 1040. The minimum absolute atomic E-state index is 0.333. The molecule has 0 unspecified atom stereocenters. The van der Waals surface area contributed by atoms with E-state index in [2.05, 4.69) is 4.90 Å². The largest absolute Gasteiger partial charge is 0.497 e. The molecule has 2 aliphatic heterocycles. The van der Waals surface area contributed by atoms with E-state index in [1.54, 1.807) is 49.6 Å². The van der Waals surface area contributed by atoms with Crippen molar-refractivity contribution in [3.63, 3.8) is 0 Å². The van der Waals surface area contributed by atoms with Crippen LogP contribution in [0.15, 0.2) is 48.2 Å². The van der Waals surface area contributed by atoms with Gasteiger partial charge in [0.15, 0.2) is 0 Å². The molecule has 8 heteroatoms. The van der Waals surface area contributed by atoms with Gasteiger partial charge in [-0.25, -0.2) is 4.90 Å². The second-order valence-electron chi connectivity index (χ2n) is 7.50. The maximum atomic E-state index is 13.7. The van der Waals surface area contributed by atoms with Crippen LogP contribution in [0, 0.1) is 0 Å². The van der Waals surface area contributed by atoms with Crippen LogP contribution in [0.1, 0.15) is 5.56 Å². The first-order chi connectivity index (χ1) is 14.9. The summed E-state index contributed by atoms with van der Waals surface area (Å²) in [6.45, 7) is 2.93. The molecule has 0 saturated carbocycles. The van der Waals surface area contributed by atoms with E-state index in [-0.39, 0.29) is 5.91 Å². The number of anilines is 1. The predicted octanol–water partition coefficient (Wildman–Crippen LogP) is 2.89. The van der Waals surface area contributed by atoms with Gasteiger partial charge in [-0.1, -0.05) is 23.7 Å². The van der Waals surface area contributed by atoms with Gasteiger partial charge in [-0.3, -0.25) is 9.59 Å². The molecule has 162 valence electrons. The quantitative estimate of drug-likeness (QED) is 0.665. The Hall–Kier alpha value is -3.03. The second-order valence-corrected chi connectivity index (χ2v) is 7.94. The van der Waals surface area contributed by atoms with Gasteiger partial charge in [0.1, 0.15) is 17.2 Å². The van der Waals surface area contributed by atoms with Crippen LogP contribution in [0.5, 0.6) is 11.5 Å². The van der Waals surface area contributed by atoms with Gasteiger partial charge in [-0.15, -0.1) is 0 Å². The lowest BCUT2D eigenvalue weighted by Gasteiger charge is -2.34. The molecule has 0 N–H and O–H groups in total. The molecule has 1 saturated heterocycles. The van der Waals surface area contributed by atoms with Crippen LogP contribution in [0.4, 0.5) is 5.69 Å². The number of piperazine rings is 1. The average Bonchev–Trinajstić information content (AvgIpc) is 3.04. The van der Waals surface area contributed by atoms with Crippen LogP contribution in [-0.4, -0.2) is 69.1 Å². The van der Waals surface area contributed by atoms with Crippen molar-refractivity contribution >= 4 is 34.7 Å². The predicted molar refractivity (Wildman–Crippen MR) is 119 cm³/mol. The standard InChI is InChI=1S/C23H24ClN3O4/c1-25-10-12-26(13-11-25)21-20(15-4-7-17(30-2)8-5-15)22(28)27(23(21)29)18-14-16(24)6-9-19(18)31-3/h4-9,14H,10-13H2,1-3H3. The van der Waals surface area contributed by atoms with Gasteiger partial charge in [0.25, 0.3) is 11.8 Å². The van der Waals surface area contributed by atoms with E-state index in [1.807, 2.05) is 11.9 Å². The van der Waals surface area contributed by atoms with Gasteiger partial charge >= 0.3 is 0 Å². The maximum absolute atomic E-state index is 13.7. The number of imide groups is 1. The highest BCUT2D eigenvalue weighted by molar-refractivity contribution is 6.46. The molecular formula is C23H24ClN3O4. The second kappa shape index (κ2) is 8.61. The normalized spacial score (nSPS) is 17.5. The Morgan fingerprint density at radius 1 is 0.871 bits per heavy atom. The molecule has 1 fully saturated rings. The summed E-state index contributed by atoms with van der Waals surface area (Å²) in [6, 6.07) is 12.1. The molecule has 2 aromatic rings. The number of amides is 2. The summed E-state index contributed by atoms with van der Waals surface area (Å²) < 4.78 is 10.7. The zero-order chi connectivity index (χ0) is 22.1. The fraction of sp³-hybridized carbons (Fsp3) is 0.304. The number of rotatable bonds is 5. The Morgan fingerprint density at radius 3 is 2.16 bits per heavy atom. The van der Waals surface area contributed by atoms with Crippen molar-refractivity contribution in [1.29, 1.82) is 0 Å². The number of methoxy groups -OCH3 is 2. The fourth-order valence-electron chi connectivity index (χ4n) is 3.92. The fourth-order valence-corrected chi connectivity index (χ4v) is 4.08. The first kappa shape index (κ1) is 21.2. The third-order valence-electron chi connectivity index (χ3n) is 5.64. The third-order valence-corrected chi connectivity index (χ3v) is 5.87. The summed E-state index contributed by atoms with van der Waals surface area (Å²) in [6.07, 6.45) is 0. The Balaban J connectivity index is 1.83. The van der Waals surface area contributed by atoms with Crippen LogP contribution in [0.25, 0.3) is 5.57 Å². The molecule has 2 amide bonds. The lowest BCUT2D eigenvalue weighted by atomic mass is 10.0. The molecule has 31 heavy (non-hydrogen) atoms. The topological polar surface area (TPSA) is 62.3 Å². The SMILES string of the molecule is COc1ccc(C2=C(N3CCN(C)CC3)C(=O)N(c3cc(Cl)ccc3OC)C2=O)cc1. The van der Waals surface area contributed by atoms with Crippen LogP contribution in [0.2, 0.25) is 5.02 Å². The van der Waals surface area contributed by atoms with Crippen molar-refractivity contribution in [3.05, 3.63) is 58.7 Å². The van der Waals surface area contributed by atoms with Gasteiger partial charge in [-0.2, -0.15) is 0 Å². The van der Waals surface area contributed by atoms with E-state index in [1.165, 1.54) is 7.11 Å². The summed E-state index contributed by atoms with van der Waals surface area (Å²) in [5.41, 5.74) is 1.78. The number of ether oxygens (including phenoxy) is 2. The van der Waals surface area contributed by atoms with Crippen LogP contribution >= 0.6 is 11.6 Å². The van der Waals surface area contributed by atoms with Crippen molar-refractivity contribution in [2.24, 2.45) is 0 Å². The van der Waals surface area contributed by atoms with Gasteiger partial charge in [-0.05, 0) is 42.9 Å². The molecule has 2 heterocycles. The van der Waals surface area contributed by atoms with Gasteiger partial charge in [0.2, 0.25) is 0 Å². The molecule has 0 spiro atoms. The summed E-state index contributed by atoms with van der Waals surface area (Å²) >= 11 is 6.19. The van der Waals surface area contributed by atoms with Crippen molar-refractivity contribution in [2.75, 3.05) is 52.3 Å². The van der Waals surface area contributed by atoms with Crippen molar-refractivity contribution in [3.8, 4) is 11.5 Å². The van der Waals surface area contributed by atoms with Gasteiger partial charge in [0, 0.05) is 31.2 Å². The van der Waals surface area contributed by atoms with Crippen LogP contribution in [0.3, 0.4) is 0 Å². The molecule has 2 aliphatic rings. The molecule has 0 atom stereocenters. The zero-order valence-corrected chi connectivity index (χ0v) is 18.5. The number of hydrogen-bond acceptors (Lipinski definition) is 6. The summed E-state index contributed by atoms with van der Waals surface area (Å²) in [5.74, 6) is 0.307. The molecule has 0 aliphatic carbocycles. The Morgan fingerprint density at radius 2 is 1.55 bits per heavy atom. The molecule has 0 aromatic heterocycles. The highest BCUT2D eigenvalue weighted by Gasteiger charge is 2.44. The number of hydrogen-bond donors (Lipinski definition) is 0. The minimum Gasteiger partial charge on any atom is -0.497 e. The van der Waals surface area contributed by atoms with E-state index in [0.29, 0.717) is 52.1 Å². The number of nitrogens with zero attached hydrogens (tertiary/aromatic N) is 3. The van der Waals surface area contributed by atoms with Crippen molar-refractivity contribution in [1.82, 2.24) is 9.80 Å². The van der Waals surface area contributed by atoms with Crippen LogP contribution < -0.4 is 14.4 Å². The van der Waals surface area contributed by atoms with Crippen molar-refractivity contribution in [2.45, 2.75) is 0 Å². The number of carbonyl (C=O) groups is 2. The summed E-state index contributed by atoms with van der Waals surface area (Å²) in [5, 5.41) is 0.412. The maximum Gasteiger partial charge on any atom is 0.282 e. The lowest BCUT2D eigenvalue weighted by molar-refractivity contribution is -0.120. The number of benzene rings is 2. The number of likely N-dealkylation sites (N-methyl/N-ethyl adjacent to an activating group) is 1. The van der Waals surface area contributed by atoms with Gasteiger partial charge < -0.3 is 19.3 Å². The molecule has 4 rings (SSSR count). The highest BCUT2D eigenvalue weighted by Crippen LogP contribution is 2.40. The first-order valence-electron chi connectivity index (χ1n) is 9.99. The van der Waals surface area contributed by atoms with E-state index in [0.717, 1.165) is 18.0 Å². The molecule has 0 radical (unpaired) electrons. The minimum atomic E-state index is -0.398. The van der Waals surface area contributed by atoms with Crippen LogP contribution in [-0.2, 0) is 9.59 Å². The smallest absolute Gasteiger partial charge is 0.282 e. The van der Waals surface area contributed by atoms with E-state index < -0.39 is 5.91 Å². The van der Waals surface area contributed by atoms with Crippen molar-refractivity contribution < 1.29 is 19.1 Å². The van der Waals surface area contributed by atoms with Gasteiger partial charge in [0.05, 0.1) is 25.5 Å². The number of halogens is 1. The zero-order valence-electron chi connectivity index (χ0n) is 17.7. The Kier molecular flexibility index (Phi) is 5.89. The van der Waals surface area contributed by atoms with E-state index in [9.17, 15) is 9.59 Å². The molecule has 7 nitrogen and oxygen atoms in total. The Labute approximate surface area is 186 Å². The highest BCUT2D eigenvalue weighted by atomic mass is 35.5. The molecule has 2 aromatic carbocycles. The number of carbonyl (C=O) groups excluding carboxylic acids is 2. The first-order valence-corrected chi connectivity index (χ1v) is 10.4. The average molecular weight is 442 g/mol. The lowest BCUT2D eigenvalue weighted by Crippen LogP contribution is -2.46.